The van der Waals surface area contributed by atoms with Gasteiger partial charge in [-0.2, -0.15) is 0 Å². The molecular formula is C12H10Cl2N2O3. The van der Waals surface area contributed by atoms with E-state index < -0.39 is 5.97 Å². The molecule has 1 aromatic rings. The standard InChI is InChI=1S/C12H10Cl2N2O3/c13-8-2-1-7(9(14)5-8)6-19-12(18)10-3-4-11(17)16-15-10/h1-3,5,15H,4,6H2,(H,16,17). The van der Waals surface area contributed by atoms with Gasteiger partial charge in [0.25, 0.3) is 0 Å². The summed E-state index contributed by atoms with van der Waals surface area (Å²) < 4.78 is 5.07. The second-order valence-corrected chi connectivity index (χ2v) is 4.65. The van der Waals surface area contributed by atoms with Gasteiger partial charge in [-0.05, 0) is 18.2 Å². The van der Waals surface area contributed by atoms with Gasteiger partial charge in [0.1, 0.15) is 12.3 Å². The maximum atomic E-state index is 11.7. The molecule has 5 nitrogen and oxygen atoms in total. The first kappa shape index (κ1) is 13.7. The summed E-state index contributed by atoms with van der Waals surface area (Å²) in [6, 6.07) is 4.92. The molecule has 1 heterocycles. The summed E-state index contributed by atoms with van der Waals surface area (Å²) in [5.74, 6) is -0.775. The predicted molar refractivity (Wildman–Crippen MR) is 70.2 cm³/mol. The summed E-state index contributed by atoms with van der Waals surface area (Å²) in [5.41, 5.74) is 5.64. The van der Waals surface area contributed by atoms with Crippen LogP contribution in [0.3, 0.4) is 0 Å². The Bertz CT molecular complexity index is 558. The van der Waals surface area contributed by atoms with E-state index in [9.17, 15) is 9.59 Å². The number of halogens is 2. The van der Waals surface area contributed by atoms with Crippen LogP contribution < -0.4 is 10.9 Å². The van der Waals surface area contributed by atoms with E-state index in [1.807, 2.05) is 0 Å². The second kappa shape index (κ2) is 5.95. The van der Waals surface area contributed by atoms with Gasteiger partial charge < -0.3 is 4.74 Å². The molecular weight excluding hydrogens is 291 g/mol. The molecule has 1 aliphatic rings. The summed E-state index contributed by atoms with van der Waals surface area (Å²) in [6.45, 7) is 0.0296. The number of ether oxygens (including phenoxy) is 1. The van der Waals surface area contributed by atoms with Gasteiger partial charge in [0.05, 0.1) is 0 Å². The Morgan fingerprint density at radius 2 is 2.11 bits per heavy atom. The van der Waals surface area contributed by atoms with E-state index in [-0.39, 0.29) is 24.6 Å². The molecule has 2 rings (SSSR count). The molecule has 100 valence electrons. The number of carbonyl (C=O) groups is 2. The number of hydrazine groups is 1. The third kappa shape index (κ3) is 3.62. The van der Waals surface area contributed by atoms with Gasteiger partial charge in [-0.15, -0.1) is 0 Å². The summed E-state index contributed by atoms with van der Waals surface area (Å²) >= 11 is 11.7. The molecule has 0 atom stereocenters. The molecule has 0 fully saturated rings. The highest BCUT2D eigenvalue weighted by Crippen LogP contribution is 2.21. The van der Waals surface area contributed by atoms with Gasteiger partial charge in [0.15, 0.2) is 0 Å². The van der Waals surface area contributed by atoms with Crippen molar-refractivity contribution in [2.75, 3.05) is 0 Å². The van der Waals surface area contributed by atoms with Crippen molar-refractivity contribution in [1.82, 2.24) is 10.9 Å². The van der Waals surface area contributed by atoms with E-state index in [0.717, 1.165) is 0 Å². The summed E-state index contributed by atoms with van der Waals surface area (Å²) in [4.78, 5) is 22.6. The Morgan fingerprint density at radius 3 is 2.74 bits per heavy atom. The molecule has 0 radical (unpaired) electrons. The first-order chi connectivity index (χ1) is 9.06. The number of carbonyl (C=O) groups excluding carboxylic acids is 2. The Hall–Kier alpha value is -1.72. The van der Waals surface area contributed by atoms with Crippen LogP contribution in [0.5, 0.6) is 0 Å². The molecule has 1 amide bonds. The zero-order chi connectivity index (χ0) is 13.8. The molecule has 0 spiro atoms. The van der Waals surface area contributed by atoms with E-state index in [0.29, 0.717) is 15.6 Å². The molecule has 1 aliphatic heterocycles. The number of amides is 1. The van der Waals surface area contributed by atoms with Gasteiger partial charge in [0, 0.05) is 22.0 Å². The lowest BCUT2D eigenvalue weighted by molar-refractivity contribution is -0.141. The Balaban J connectivity index is 1.95. The van der Waals surface area contributed by atoms with E-state index in [1.54, 1.807) is 18.2 Å². The fourth-order valence-electron chi connectivity index (χ4n) is 1.43. The highest BCUT2D eigenvalue weighted by atomic mass is 35.5. The molecule has 0 saturated heterocycles. The van der Waals surface area contributed by atoms with Gasteiger partial charge in [-0.1, -0.05) is 29.3 Å². The van der Waals surface area contributed by atoms with Crippen LogP contribution in [-0.4, -0.2) is 11.9 Å². The number of esters is 1. The smallest absolute Gasteiger partial charge is 0.356 e. The predicted octanol–water partition coefficient (Wildman–Crippen LogP) is 1.94. The molecule has 0 aliphatic carbocycles. The van der Waals surface area contributed by atoms with Crippen molar-refractivity contribution in [3.05, 3.63) is 45.6 Å². The van der Waals surface area contributed by atoms with Crippen molar-refractivity contribution in [1.29, 1.82) is 0 Å². The molecule has 1 aromatic carbocycles. The van der Waals surface area contributed by atoms with Gasteiger partial charge in [0.2, 0.25) is 5.91 Å². The molecule has 7 heteroatoms. The van der Waals surface area contributed by atoms with Crippen molar-refractivity contribution in [3.8, 4) is 0 Å². The van der Waals surface area contributed by atoms with E-state index in [2.05, 4.69) is 10.9 Å². The fraction of sp³-hybridized carbons (Fsp3) is 0.167. The van der Waals surface area contributed by atoms with Crippen LogP contribution in [0.15, 0.2) is 30.0 Å². The number of hydrogen-bond donors (Lipinski definition) is 2. The van der Waals surface area contributed by atoms with Crippen LogP contribution >= 0.6 is 23.2 Å². The first-order valence-corrected chi connectivity index (χ1v) is 6.18. The van der Waals surface area contributed by atoms with Crippen molar-refractivity contribution >= 4 is 35.1 Å². The highest BCUT2D eigenvalue weighted by Gasteiger charge is 2.16. The van der Waals surface area contributed by atoms with E-state index >= 15 is 0 Å². The fourth-order valence-corrected chi connectivity index (χ4v) is 1.89. The zero-order valence-corrected chi connectivity index (χ0v) is 11.2. The Morgan fingerprint density at radius 1 is 1.32 bits per heavy atom. The largest absolute Gasteiger partial charge is 0.456 e. The van der Waals surface area contributed by atoms with Gasteiger partial charge >= 0.3 is 5.97 Å². The third-order valence-electron chi connectivity index (χ3n) is 2.42. The average molecular weight is 301 g/mol. The Kier molecular flexibility index (Phi) is 4.29. The molecule has 2 N–H and O–H groups in total. The monoisotopic (exact) mass is 300 g/mol. The lowest BCUT2D eigenvalue weighted by Gasteiger charge is -2.15. The van der Waals surface area contributed by atoms with Crippen LogP contribution in [0.1, 0.15) is 12.0 Å². The highest BCUT2D eigenvalue weighted by molar-refractivity contribution is 6.35. The maximum absolute atomic E-state index is 11.7. The Labute approximate surface area is 119 Å². The van der Waals surface area contributed by atoms with Crippen LogP contribution in [0.25, 0.3) is 0 Å². The van der Waals surface area contributed by atoms with Crippen molar-refractivity contribution in [3.63, 3.8) is 0 Å². The van der Waals surface area contributed by atoms with E-state index in [1.165, 1.54) is 6.08 Å². The van der Waals surface area contributed by atoms with Crippen molar-refractivity contribution in [2.24, 2.45) is 0 Å². The lowest BCUT2D eigenvalue weighted by Crippen LogP contribution is -2.42. The molecule has 0 aromatic heterocycles. The molecule has 0 unspecified atom stereocenters. The normalized spacial score (nSPS) is 14.2. The minimum absolute atomic E-state index is 0.0296. The SMILES string of the molecule is O=C1CC=C(C(=O)OCc2ccc(Cl)cc2Cl)NN1. The van der Waals surface area contributed by atoms with Gasteiger partial charge in [-0.3, -0.25) is 15.6 Å². The molecule has 0 bridgehead atoms. The quantitative estimate of drug-likeness (QED) is 0.837. The minimum Gasteiger partial charge on any atom is -0.456 e. The van der Waals surface area contributed by atoms with Crippen molar-refractivity contribution < 1.29 is 14.3 Å². The average Bonchev–Trinajstić information content (AvgIpc) is 2.38. The maximum Gasteiger partial charge on any atom is 0.356 e. The summed E-state index contributed by atoms with van der Waals surface area (Å²) in [5, 5.41) is 0.943. The number of hydrogen-bond acceptors (Lipinski definition) is 4. The van der Waals surface area contributed by atoms with E-state index in [4.69, 9.17) is 27.9 Å². The van der Waals surface area contributed by atoms with Crippen LogP contribution in [-0.2, 0) is 20.9 Å². The number of rotatable bonds is 3. The minimum atomic E-state index is -0.564. The molecule has 19 heavy (non-hydrogen) atoms. The van der Waals surface area contributed by atoms with Crippen LogP contribution in [0.4, 0.5) is 0 Å². The van der Waals surface area contributed by atoms with Gasteiger partial charge in [-0.25, -0.2) is 4.79 Å². The number of nitrogens with one attached hydrogen (secondary N) is 2. The second-order valence-electron chi connectivity index (χ2n) is 3.81. The summed E-state index contributed by atoms with van der Waals surface area (Å²) in [6.07, 6.45) is 1.60. The third-order valence-corrected chi connectivity index (χ3v) is 3.01. The first-order valence-electron chi connectivity index (χ1n) is 5.42. The van der Waals surface area contributed by atoms with Crippen LogP contribution in [0, 0.1) is 0 Å². The molecule has 0 saturated carbocycles. The topological polar surface area (TPSA) is 67.4 Å². The van der Waals surface area contributed by atoms with Crippen LogP contribution in [0.2, 0.25) is 10.0 Å². The summed E-state index contributed by atoms with van der Waals surface area (Å²) in [7, 11) is 0. The zero-order valence-electron chi connectivity index (χ0n) is 9.70. The van der Waals surface area contributed by atoms with Crippen molar-refractivity contribution in [2.45, 2.75) is 13.0 Å². The number of benzene rings is 1. The lowest BCUT2D eigenvalue weighted by atomic mass is 10.2.